The predicted octanol–water partition coefficient (Wildman–Crippen LogP) is 2.22. The number of nitrogens with two attached hydrogens (primary N) is 1. The molecule has 0 saturated carbocycles. The van der Waals surface area contributed by atoms with Crippen LogP contribution in [-0.4, -0.2) is 28.7 Å². The lowest BCUT2D eigenvalue weighted by Crippen LogP contribution is -2.45. The van der Waals surface area contributed by atoms with Crippen molar-refractivity contribution in [3.63, 3.8) is 0 Å². The average Bonchev–Trinajstić information content (AvgIpc) is 2.32. The van der Waals surface area contributed by atoms with E-state index in [4.69, 9.17) is 33.7 Å². The van der Waals surface area contributed by atoms with Gasteiger partial charge in [0.1, 0.15) is 0 Å². The Hall–Kier alpha value is -0.130. The van der Waals surface area contributed by atoms with E-state index in [-0.39, 0.29) is 11.3 Å². The van der Waals surface area contributed by atoms with Crippen LogP contribution in [0.5, 0.6) is 0 Å². The van der Waals surface area contributed by atoms with Crippen molar-refractivity contribution in [2.75, 3.05) is 13.2 Å². The molecule has 1 aromatic rings. The molecule has 0 bridgehead atoms. The Labute approximate surface area is 113 Å². The van der Waals surface area contributed by atoms with Crippen LogP contribution in [0.1, 0.15) is 6.42 Å². The molecule has 1 fully saturated rings. The zero-order valence-corrected chi connectivity index (χ0v) is 11.4. The lowest BCUT2D eigenvalue weighted by atomic mass is 10.1. The van der Waals surface area contributed by atoms with Gasteiger partial charge >= 0.3 is 0 Å². The van der Waals surface area contributed by atoms with Crippen molar-refractivity contribution >= 4 is 34.0 Å². The zero-order valence-electron chi connectivity index (χ0n) is 9.07. The van der Waals surface area contributed by atoms with Crippen molar-refractivity contribution in [1.82, 2.24) is 0 Å². The Morgan fingerprint density at radius 1 is 1.35 bits per heavy atom. The van der Waals surface area contributed by atoms with E-state index in [1.807, 2.05) is 0 Å². The normalized spacial score (nSPS) is 26.8. The molecule has 94 valence electrons. The maximum atomic E-state index is 12.3. The van der Waals surface area contributed by atoms with Gasteiger partial charge in [-0.25, -0.2) is 0 Å². The molecule has 1 aliphatic heterocycles. The Balaban J connectivity index is 2.21. The summed E-state index contributed by atoms with van der Waals surface area (Å²) in [6, 6.07) is 4.89. The molecule has 3 unspecified atom stereocenters. The second-order valence-corrected chi connectivity index (χ2v) is 6.43. The first-order valence-corrected chi connectivity index (χ1v) is 7.25. The van der Waals surface area contributed by atoms with Crippen LogP contribution in [-0.2, 0) is 15.5 Å². The summed E-state index contributed by atoms with van der Waals surface area (Å²) in [5.74, 6) is 0. The Morgan fingerprint density at radius 3 is 2.76 bits per heavy atom. The van der Waals surface area contributed by atoms with Gasteiger partial charge in [-0.15, -0.1) is 0 Å². The fourth-order valence-electron chi connectivity index (χ4n) is 1.73. The van der Waals surface area contributed by atoms with Crippen molar-refractivity contribution < 1.29 is 8.95 Å². The van der Waals surface area contributed by atoms with Crippen LogP contribution in [0.3, 0.4) is 0 Å². The molecule has 0 spiro atoms. The monoisotopic (exact) mass is 293 g/mol. The lowest BCUT2D eigenvalue weighted by molar-refractivity contribution is 0.0904. The van der Waals surface area contributed by atoms with Gasteiger partial charge in [0.15, 0.2) is 0 Å². The largest absolute Gasteiger partial charge is 0.380 e. The zero-order chi connectivity index (χ0) is 12.4. The number of hydrogen-bond donors (Lipinski definition) is 1. The van der Waals surface area contributed by atoms with E-state index in [0.717, 1.165) is 6.42 Å². The van der Waals surface area contributed by atoms with Gasteiger partial charge in [0.2, 0.25) is 0 Å². The van der Waals surface area contributed by atoms with Gasteiger partial charge in [-0.2, -0.15) is 0 Å². The lowest BCUT2D eigenvalue weighted by Gasteiger charge is -2.27. The number of rotatable bonds is 2. The fourth-order valence-corrected chi connectivity index (χ4v) is 3.55. The Kier molecular flexibility index (Phi) is 4.44. The van der Waals surface area contributed by atoms with Crippen LogP contribution in [0.25, 0.3) is 0 Å². The number of halogens is 2. The molecule has 1 saturated heterocycles. The van der Waals surface area contributed by atoms with Gasteiger partial charge in [-0.1, -0.05) is 23.2 Å². The number of hydrogen-bond acceptors (Lipinski definition) is 3. The molecule has 17 heavy (non-hydrogen) atoms. The molecule has 0 radical (unpaired) electrons. The fraction of sp³-hybridized carbons (Fsp3) is 0.455. The molecule has 3 nitrogen and oxygen atoms in total. The number of ether oxygens (including phenoxy) is 1. The minimum absolute atomic E-state index is 0.0981. The van der Waals surface area contributed by atoms with E-state index >= 15 is 0 Å². The molecular formula is C11H13Cl2NO2S. The second-order valence-electron chi connectivity index (χ2n) is 3.94. The summed E-state index contributed by atoms with van der Waals surface area (Å²) in [6.45, 7) is 1.06. The van der Waals surface area contributed by atoms with Crippen molar-refractivity contribution in [3.05, 3.63) is 28.2 Å². The van der Waals surface area contributed by atoms with Gasteiger partial charge in [-0.05, 0) is 24.6 Å². The molecule has 1 aliphatic rings. The summed E-state index contributed by atoms with van der Waals surface area (Å²) in [5, 5.41) is 0.681. The molecule has 0 amide bonds. The van der Waals surface area contributed by atoms with Crippen molar-refractivity contribution in [2.24, 2.45) is 5.73 Å². The summed E-state index contributed by atoms with van der Waals surface area (Å²) in [4.78, 5) is 0.644. The Bertz CT molecular complexity index is 441. The molecule has 2 rings (SSSR count). The van der Waals surface area contributed by atoms with Crippen LogP contribution in [0, 0.1) is 0 Å². The van der Waals surface area contributed by atoms with Crippen LogP contribution in [0.15, 0.2) is 23.1 Å². The molecule has 0 aliphatic carbocycles. The van der Waals surface area contributed by atoms with Crippen LogP contribution >= 0.6 is 23.2 Å². The maximum Gasteiger partial charge on any atom is 0.0779 e. The van der Waals surface area contributed by atoms with Crippen LogP contribution in [0.2, 0.25) is 10.0 Å². The average molecular weight is 294 g/mol. The van der Waals surface area contributed by atoms with Gasteiger partial charge < -0.3 is 10.5 Å². The molecule has 1 aromatic carbocycles. The SMILES string of the molecule is NC1CCOCC1S(=O)c1ccc(Cl)c(Cl)c1. The van der Waals surface area contributed by atoms with Crippen LogP contribution in [0.4, 0.5) is 0 Å². The van der Waals surface area contributed by atoms with Crippen molar-refractivity contribution in [1.29, 1.82) is 0 Å². The highest BCUT2D eigenvalue weighted by atomic mass is 35.5. The second kappa shape index (κ2) is 5.67. The third-order valence-electron chi connectivity index (χ3n) is 2.75. The molecule has 3 atom stereocenters. The first-order chi connectivity index (χ1) is 8.09. The third kappa shape index (κ3) is 3.01. The highest BCUT2D eigenvalue weighted by Crippen LogP contribution is 2.26. The van der Waals surface area contributed by atoms with Gasteiger partial charge in [-0.3, -0.25) is 4.21 Å². The molecule has 0 aromatic heterocycles. The minimum atomic E-state index is -1.21. The smallest absolute Gasteiger partial charge is 0.0779 e. The molecule has 2 N–H and O–H groups in total. The first-order valence-electron chi connectivity index (χ1n) is 5.28. The van der Waals surface area contributed by atoms with Crippen LogP contribution < -0.4 is 5.73 Å². The summed E-state index contributed by atoms with van der Waals surface area (Å²) in [6.07, 6.45) is 0.734. The topological polar surface area (TPSA) is 52.3 Å². The van der Waals surface area contributed by atoms with Gasteiger partial charge in [0, 0.05) is 17.5 Å². The third-order valence-corrected chi connectivity index (χ3v) is 5.25. The van der Waals surface area contributed by atoms with E-state index < -0.39 is 10.8 Å². The van der Waals surface area contributed by atoms with E-state index in [2.05, 4.69) is 0 Å². The van der Waals surface area contributed by atoms with Gasteiger partial charge in [0.25, 0.3) is 0 Å². The maximum absolute atomic E-state index is 12.3. The molecular weight excluding hydrogens is 281 g/mol. The van der Waals surface area contributed by atoms with Gasteiger partial charge in [0.05, 0.1) is 32.7 Å². The highest BCUT2D eigenvalue weighted by molar-refractivity contribution is 7.85. The van der Waals surface area contributed by atoms with E-state index in [0.29, 0.717) is 28.2 Å². The number of benzene rings is 1. The summed E-state index contributed by atoms with van der Waals surface area (Å²) in [7, 11) is -1.21. The van der Waals surface area contributed by atoms with Crippen molar-refractivity contribution in [2.45, 2.75) is 22.6 Å². The summed E-state index contributed by atoms with van der Waals surface area (Å²) < 4.78 is 17.6. The van der Waals surface area contributed by atoms with E-state index in [1.54, 1.807) is 18.2 Å². The standard InChI is InChI=1S/C11H13Cl2NO2S/c12-8-2-1-7(5-9(8)13)17(15)11-6-16-4-3-10(11)14/h1-2,5,10-11H,3-4,6,14H2. The molecule has 1 heterocycles. The highest BCUT2D eigenvalue weighted by Gasteiger charge is 2.29. The summed E-state index contributed by atoms with van der Waals surface area (Å²) >= 11 is 11.7. The minimum Gasteiger partial charge on any atom is -0.380 e. The quantitative estimate of drug-likeness (QED) is 0.910. The first kappa shape index (κ1) is 13.3. The van der Waals surface area contributed by atoms with E-state index in [9.17, 15) is 4.21 Å². The molecule has 6 heteroatoms. The van der Waals surface area contributed by atoms with E-state index in [1.165, 1.54) is 0 Å². The van der Waals surface area contributed by atoms with Crippen molar-refractivity contribution in [3.8, 4) is 0 Å². The Morgan fingerprint density at radius 2 is 2.12 bits per heavy atom. The summed E-state index contributed by atoms with van der Waals surface area (Å²) in [5.41, 5.74) is 5.95. The predicted molar refractivity (Wildman–Crippen MR) is 70.1 cm³/mol.